The lowest BCUT2D eigenvalue weighted by atomic mass is 10.2. The first-order valence-corrected chi connectivity index (χ1v) is 9.12. The number of ether oxygens (including phenoxy) is 1. The molecule has 0 spiro atoms. The molecule has 0 aliphatic carbocycles. The number of hydrogen-bond donors (Lipinski definition) is 1. The Morgan fingerprint density at radius 3 is 2.74 bits per heavy atom. The first-order chi connectivity index (χ1) is 11.1. The van der Waals surface area contributed by atoms with E-state index in [-0.39, 0.29) is 11.7 Å². The zero-order valence-corrected chi connectivity index (χ0v) is 14.5. The Balaban J connectivity index is 1.94. The molecule has 0 bridgehead atoms. The lowest BCUT2D eigenvalue weighted by molar-refractivity contribution is -0.122. The topological polar surface area (TPSA) is 64.1 Å². The van der Waals surface area contributed by atoms with Crippen molar-refractivity contribution in [3.63, 3.8) is 0 Å². The summed E-state index contributed by atoms with van der Waals surface area (Å²) in [6.07, 6.45) is 0.866. The average molecular weight is 355 g/mol. The van der Waals surface area contributed by atoms with Gasteiger partial charge in [0.15, 0.2) is 10.4 Å². The van der Waals surface area contributed by atoms with Crippen molar-refractivity contribution in [1.29, 1.82) is 0 Å². The van der Waals surface area contributed by atoms with Crippen molar-refractivity contribution < 1.29 is 13.9 Å². The maximum absolute atomic E-state index is 12.9. The van der Waals surface area contributed by atoms with Crippen LogP contribution in [0.4, 0.5) is 9.52 Å². The van der Waals surface area contributed by atoms with Crippen molar-refractivity contribution in [3.8, 4) is 5.75 Å². The highest BCUT2D eigenvalue weighted by molar-refractivity contribution is 8.01. The highest BCUT2D eigenvalue weighted by Crippen LogP contribution is 2.26. The number of hydrogen-bond acceptors (Lipinski definition) is 6. The van der Waals surface area contributed by atoms with E-state index in [2.05, 4.69) is 22.4 Å². The quantitative estimate of drug-likeness (QED) is 0.573. The van der Waals surface area contributed by atoms with E-state index in [1.807, 2.05) is 6.92 Å². The third-order valence-electron chi connectivity index (χ3n) is 2.82. The fourth-order valence-corrected chi connectivity index (χ4v) is 3.37. The number of nitrogens with one attached hydrogen (secondary N) is 1. The van der Waals surface area contributed by atoms with Gasteiger partial charge in [0.2, 0.25) is 5.13 Å². The average Bonchev–Trinajstić information content (AvgIpc) is 2.99. The molecule has 0 fully saturated rings. The normalized spacial score (nSPS) is 12.0. The van der Waals surface area contributed by atoms with Crippen molar-refractivity contribution in [2.75, 3.05) is 11.1 Å². The Morgan fingerprint density at radius 1 is 1.35 bits per heavy atom. The number of halogens is 1. The molecular weight excluding hydrogens is 337 g/mol. The molecule has 5 nitrogen and oxygen atoms in total. The smallest absolute Gasteiger partial charge is 0.267 e. The second kappa shape index (κ2) is 8.83. The van der Waals surface area contributed by atoms with E-state index < -0.39 is 6.10 Å². The molecule has 0 aliphatic heterocycles. The molecule has 1 amide bonds. The maximum Gasteiger partial charge on any atom is 0.267 e. The van der Waals surface area contributed by atoms with Crippen LogP contribution in [0.2, 0.25) is 0 Å². The fraction of sp³-hybridized carbons (Fsp3) is 0.400. The molecule has 0 unspecified atom stereocenters. The van der Waals surface area contributed by atoms with Gasteiger partial charge in [-0.15, -0.1) is 10.2 Å². The number of rotatable bonds is 8. The van der Waals surface area contributed by atoms with Crippen LogP contribution in [0.15, 0.2) is 28.6 Å². The van der Waals surface area contributed by atoms with E-state index in [4.69, 9.17) is 4.74 Å². The van der Waals surface area contributed by atoms with Gasteiger partial charge in [0, 0.05) is 5.75 Å². The molecule has 1 heterocycles. The maximum atomic E-state index is 12.9. The molecule has 1 atom stereocenters. The van der Waals surface area contributed by atoms with Crippen molar-refractivity contribution >= 4 is 34.1 Å². The monoisotopic (exact) mass is 355 g/mol. The lowest BCUT2D eigenvalue weighted by Gasteiger charge is -2.16. The first kappa shape index (κ1) is 17.7. The molecule has 0 saturated heterocycles. The summed E-state index contributed by atoms with van der Waals surface area (Å²) in [4.78, 5) is 12.3. The summed E-state index contributed by atoms with van der Waals surface area (Å²) in [6.45, 7) is 3.94. The van der Waals surface area contributed by atoms with Crippen LogP contribution in [0.1, 0.15) is 26.7 Å². The predicted molar refractivity (Wildman–Crippen MR) is 90.7 cm³/mol. The van der Waals surface area contributed by atoms with Gasteiger partial charge in [0.1, 0.15) is 11.6 Å². The fourth-order valence-electron chi connectivity index (χ4n) is 1.69. The van der Waals surface area contributed by atoms with Crippen LogP contribution in [-0.2, 0) is 4.79 Å². The van der Waals surface area contributed by atoms with E-state index in [0.717, 1.165) is 16.5 Å². The van der Waals surface area contributed by atoms with Crippen molar-refractivity contribution in [2.24, 2.45) is 0 Å². The van der Waals surface area contributed by atoms with Crippen molar-refractivity contribution in [1.82, 2.24) is 10.2 Å². The summed E-state index contributed by atoms with van der Waals surface area (Å²) in [7, 11) is 0. The SMILES string of the molecule is CCCSc1nnc(NC(=O)[C@@H](CC)Oc2ccc(F)cc2)s1. The van der Waals surface area contributed by atoms with Gasteiger partial charge >= 0.3 is 0 Å². The summed E-state index contributed by atoms with van der Waals surface area (Å²) < 4.78 is 19.3. The molecule has 2 aromatic rings. The Morgan fingerprint density at radius 2 is 2.09 bits per heavy atom. The Hall–Kier alpha value is -1.67. The predicted octanol–water partition coefficient (Wildman–Crippen LogP) is 3.98. The van der Waals surface area contributed by atoms with Gasteiger partial charge in [-0.1, -0.05) is 36.9 Å². The van der Waals surface area contributed by atoms with Crippen LogP contribution in [0, 0.1) is 5.82 Å². The number of carbonyl (C=O) groups excluding carboxylic acids is 1. The zero-order valence-electron chi connectivity index (χ0n) is 12.9. The zero-order chi connectivity index (χ0) is 16.7. The highest BCUT2D eigenvalue weighted by atomic mass is 32.2. The molecule has 8 heteroatoms. The second-order valence-electron chi connectivity index (χ2n) is 4.68. The Labute approximate surface area is 142 Å². The van der Waals surface area contributed by atoms with Crippen molar-refractivity contribution in [2.45, 2.75) is 37.1 Å². The van der Waals surface area contributed by atoms with Gasteiger partial charge in [-0.2, -0.15) is 0 Å². The van der Waals surface area contributed by atoms with Gasteiger partial charge < -0.3 is 4.74 Å². The molecule has 23 heavy (non-hydrogen) atoms. The third kappa shape index (κ3) is 5.47. The summed E-state index contributed by atoms with van der Waals surface area (Å²) in [5.41, 5.74) is 0. The highest BCUT2D eigenvalue weighted by Gasteiger charge is 2.20. The van der Waals surface area contributed by atoms with E-state index >= 15 is 0 Å². The summed E-state index contributed by atoms with van der Waals surface area (Å²) in [6, 6.07) is 5.58. The summed E-state index contributed by atoms with van der Waals surface area (Å²) in [5, 5.41) is 11.1. The lowest BCUT2D eigenvalue weighted by Crippen LogP contribution is -2.32. The molecule has 0 radical (unpaired) electrons. The molecule has 1 aromatic carbocycles. The molecule has 0 aliphatic rings. The summed E-state index contributed by atoms with van der Waals surface area (Å²) in [5.74, 6) is 0.777. The van der Waals surface area contributed by atoms with Gasteiger partial charge in [-0.3, -0.25) is 10.1 Å². The van der Waals surface area contributed by atoms with Gasteiger partial charge in [0.25, 0.3) is 5.91 Å². The third-order valence-corrected chi connectivity index (χ3v) is 5.00. The number of benzene rings is 1. The van der Waals surface area contributed by atoms with Gasteiger partial charge in [-0.05, 0) is 37.1 Å². The van der Waals surface area contributed by atoms with Crippen LogP contribution >= 0.6 is 23.1 Å². The number of thioether (sulfide) groups is 1. The summed E-state index contributed by atoms with van der Waals surface area (Å²) >= 11 is 2.95. The molecule has 0 saturated carbocycles. The van der Waals surface area contributed by atoms with Crippen molar-refractivity contribution in [3.05, 3.63) is 30.1 Å². The number of amides is 1. The molecule has 1 aromatic heterocycles. The first-order valence-electron chi connectivity index (χ1n) is 7.31. The molecule has 124 valence electrons. The Bertz CT molecular complexity index is 634. The van der Waals surface area contributed by atoms with E-state index in [9.17, 15) is 9.18 Å². The minimum Gasteiger partial charge on any atom is -0.481 e. The molecule has 2 rings (SSSR count). The van der Waals surface area contributed by atoms with Crippen LogP contribution in [0.25, 0.3) is 0 Å². The standard InChI is InChI=1S/C15H18FN3O2S2/c1-3-9-22-15-19-18-14(23-15)17-13(20)12(4-2)21-11-7-5-10(16)6-8-11/h5-8,12H,3-4,9H2,1-2H3,(H,17,18,20)/t12-/m1/s1. The van der Waals surface area contributed by atoms with Crippen LogP contribution < -0.4 is 10.1 Å². The van der Waals surface area contributed by atoms with Gasteiger partial charge in [-0.25, -0.2) is 4.39 Å². The largest absolute Gasteiger partial charge is 0.481 e. The molecular formula is C15H18FN3O2S2. The van der Waals surface area contributed by atoms with Crippen LogP contribution in [0.3, 0.4) is 0 Å². The Kier molecular flexibility index (Phi) is 6.79. The number of anilines is 1. The number of aromatic nitrogens is 2. The number of nitrogens with zero attached hydrogens (tertiary/aromatic N) is 2. The van der Waals surface area contributed by atoms with Gasteiger partial charge in [0.05, 0.1) is 0 Å². The van der Waals surface area contributed by atoms with Crippen LogP contribution in [-0.4, -0.2) is 28.0 Å². The van der Waals surface area contributed by atoms with E-state index in [1.54, 1.807) is 11.8 Å². The minimum atomic E-state index is -0.670. The molecule has 1 N–H and O–H groups in total. The van der Waals surface area contributed by atoms with E-state index in [0.29, 0.717) is 17.3 Å². The second-order valence-corrected chi connectivity index (χ2v) is 7.00. The number of carbonyl (C=O) groups is 1. The van der Waals surface area contributed by atoms with Crippen LogP contribution in [0.5, 0.6) is 5.75 Å². The van der Waals surface area contributed by atoms with E-state index in [1.165, 1.54) is 35.6 Å². The minimum absolute atomic E-state index is 0.292.